The lowest BCUT2D eigenvalue weighted by molar-refractivity contribution is 0.351. The fourth-order valence-electron chi connectivity index (χ4n) is 4.64. The van der Waals surface area contributed by atoms with E-state index >= 15 is 0 Å². The first kappa shape index (κ1) is 23.3. The predicted molar refractivity (Wildman–Crippen MR) is 137 cm³/mol. The van der Waals surface area contributed by atoms with Gasteiger partial charge >= 0.3 is 0 Å². The zero-order valence-electron chi connectivity index (χ0n) is 20.2. The van der Waals surface area contributed by atoms with Crippen molar-refractivity contribution in [3.8, 4) is 5.75 Å². The lowest BCUT2D eigenvalue weighted by atomic mass is 9.91. The van der Waals surface area contributed by atoms with Gasteiger partial charge in [-0.1, -0.05) is 24.3 Å². The van der Waals surface area contributed by atoms with Crippen molar-refractivity contribution < 1.29 is 4.74 Å². The van der Waals surface area contributed by atoms with E-state index in [1.54, 1.807) is 7.11 Å². The third-order valence-electron chi connectivity index (χ3n) is 6.55. The highest BCUT2D eigenvalue weighted by atomic mass is 16.5. The third kappa shape index (κ3) is 6.35. The van der Waals surface area contributed by atoms with Gasteiger partial charge in [0.1, 0.15) is 11.6 Å². The van der Waals surface area contributed by atoms with E-state index in [-0.39, 0.29) is 0 Å². The quantitative estimate of drug-likeness (QED) is 0.425. The Labute approximate surface area is 197 Å². The molecule has 0 radical (unpaired) electrons. The SMILES string of the molecule is COc1ccc(CCCCN[C@H]2CC[C@@H](Nc3nc(N(C)C)c4ccccc4n3)CC2)cc1. The molecule has 1 aromatic heterocycles. The van der Waals surface area contributed by atoms with Crippen molar-refractivity contribution in [2.45, 2.75) is 57.0 Å². The molecule has 1 aliphatic rings. The summed E-state index contributed by atoms with van der Waals surface area (Å²) in [6.07, 6.45) is 8.25. The molecule has 176 valence electrons. The number of para-hydroxylation sites is 1. The maximum Gasteiger partial charge on any atom is 0.225 e. The van der Waals surface area contributed by atoms with Crippen molar-refractivity contribution >= 4 is 22.7 Å². The number of hydrogen-bond acceptors (Lipinski definition) is 6. The number of nitrogens with zero attached hydrogens (tertiary/aromatic N) is 3. The summed E-state index contributed by atoms with van der Waals surface area (Å²) in [5.41, 5.74) is 2.37. The van der Waals surface area contributed by atoms with E-state index in [2.05, 4.69) is 39.8 Å². The molecule has 2 aromatic carbocycles. The molecule has 1 saturated carbocycles. The van der Waals surface area contributed by atoms with E-state index in [1.807, 2.05) is 38.4 Å². The second-order valence-corrected chi connectivity index (χ2v) is 9.23. The maximum absolute atomic E-state index is 5.23. The van der Waals surface area contributed by atoms with Gasteiger partial charge < -0.3 is 20.3 Å². The molecule has 0 atom stereocenters. The summed E-state index contributed by atoms with van der Waals surface area (Å²) in [6, 6.07) is 17.7. The number of unbranched alkanes of at least 4 members (excludes halogenated alkanes) is 1. The van der Waals surface area contributed by atoms with Crippen LogP contribution in [0.15, 0.2) is 48.5 Å². The topological polar surface area (TPSA) is 62.3 Å². The number of methoxy groups -OCH3 is 1. The highest BCUT2D eigenvalue weighted by Gasteiger charge is 2.21. The number of hydrogen-bond donors (Lipinski definition) is 2. The first-order valence-electron chi connectivity index (χ1n) is 12.2. The molecule has 0 unspecified atom stereocenters. The summed E-state index contributed by atoms with van der Waals surface area (Å²) < 4.78 is 5.23. The predicted octanol–water partition coefficient (Wildman–Crippen LogP) is 5.04. The van der Waals surface area contributed by atoms with Gasteiger partial charge in [-0.3, -0.25) is 0 Å². The number of fused-ring (bicyclic) bond motifs is 1. The monoisotopic (exact) mass is 447 g/mol. The molecule has 0 bridgehead atoms. The lowest BCUT2D eigenvalue weighted by Crippen LogP contribution is -2.37. The zero-order chi connectivity index (χ0) is 23.0. The van der Waals surface area contributed by atoms with Gasteiger partial charge in [0.15, 0.2) is 0 Å². The van der Waals surface area contributed by atoms with Crippen molar-refractivity contribution in [3.63, 3.8) is 0 Å². The first-order chi connectivity index (χ1) is 16.1. The molecule has 1 aliphatic carbocycles. The van der Waals surface area contributed by atoms with E-state index < -0.39 is 0 Å². The molecule has 6 heteroatoms. The average Bonchev–Trinajstić information content (AvgIpc) is 2.84. The van der Waals surface area contributed by atoms with E-state index in [4.69, 9.17) is 14.7 Å². The second-order valence-electron chi connectivity index (χ2n) is 9.23. The Morgan fingerprint density at radius 1 is 0.909 bits per heavy atom. The molecule has 3 aromatic rings. The molecule has 0 aliphatic heterocycles. The molecule has 1 fully saturated rings. The van der Waals surface area contributed by atoms with Gasteiger partial charge in [-0.2, -0.15) is 4.98 Å². The Morgan fingerprint density at radius 3 is 2.36 bits per heavy atom. The summed E-state index contributed by atoms with van der Waals surface area (Å²) in [4.78, 5) is 11.6. The lowest BCUT2D eigenvalue weighted by Gasteiger charge is -2.30. The average molecular weight is 448 g/mol. The van der Waals surface area contributed by atoms with Crippen molar-refractivity contribution in [2.24, 2.45) is 0 Å². The van der Waals surface area contributed by atoms with Crippen LogP contribution in [0.2, 0.25) is 0 Å². The van der Waals surface area contributed by atoms with Crippen LogP contribution in [0.1, 0.15) is 44.1 Å². The van der Waals surface area contributed by atoms with Crippen LogP contribution >= 0.6 is 0 Å². The molecule has 2 N–H and O–H groups in total. The highest BCUT2D eigenvalue weighted by molar-refractivity contribution is 5.90. The fourth-order valence-corrected chi connectivity index (χ4v) is 4.64. The normalized spacial score (nSPS) is 18.3. The van der Waals surface area contributed by atoms with Gasteiger partial charge in [0.2, 0.25) is 5.95 Å². The van der Waals surface area contributed by atoms with Gasteiger partial charge in [-0.15, -0.1) is 0 Å². The largest absolute Gasteiger partial charge is 0.497 e. The van der Waals surface area contributed by atoms with Crippen LogP contribution in [-0.2, 0) is 6.42 Å². The fraction of sp³-hybridized carbons (Fsp3) is 0.481. The number of ether oxygens (including phenoxy) is 1. The van der Waals surface area contributed by atoms with Crippen LogP contribution in [0.5, 0.6) is 5.75 Å². The van der Waals surface area contributed by atoms with Gasteiger partial charge in [0, 0.05) is 31.6 Å². The number of anilines is 2. The van der Waals surface area contributed by atoms with Crippen LogP contribution in [-0.4, -0.2) is 49.8 Å². The van der Waals surface area contributed by atoms with Crippen molar-refractivity contribution in [1.82, 2.24) is 15.3 Å². The van der Waals surface area contributed by atoms with Crippen molar-refractivity contribution in [2.75, 3.05) is 38.0 Å². The van der Waals surface area contributed by atoms with Crippen molar-refractivity contribution in [1.29, 1.82) is 0 Å². The summed E-state index contributed by atoms with van der Waals surface area (Å²) >= 11 is 0. The Balaban J connectivity index is 1.18. The summed E-state index contributed by atoms with van der Waals surface area (Å²) in [5, 5.41) is 8.47. The molecule has 33 heavy (non-hydrogen) atoms. The number of rotatable bonds is 10. The molecule has 4 rings (SSSR count). The minimum Gasteiger partial charge on any atom is -0.497 e. The van der Waals surface area contributed by atoms with Crippen LogP contribution in [0.3, 0.4) is 0 Å². The number of nitrogens with one attached hydrogen (secondary N) is 2. The molecular weight excluding hydrogens is 410 g/mol. The minimum absolute atomic E-state index is 0.439. The van der Waals surface area contributed by atoms with Gasteiger partial charge in [0.05, 0.1) is 12.6 Å². The van der Waals surface area contributed by atoms with Gasteiger partial charge in [-0.25, -0.2) is 4.98 Å². The highest BCUT2D eigenvalue weighted by Crippen LogP contribution is 2.26. The van der Waals surface area contributed by atoms with Crippen LogP contribution in [0, 0.1) is 0 Å². The Morgan fingerprint density at radius 2 is 1.64 bits per heavy atom. The summed E-state index contributed by atoms with van der Waals surface area (Å²) in [5.74, 6) is 2.64. The van der Waals surface area contributed by atoms with Crippen LogP contribution < -0.4 is 20.3 Å². The summed E-state index contributed by atoms with van der Waals surface area (Å²) in [6.45, 7) is 1.10. The van der Waals surface area contributed by atoms with E-state index in [0.717, 1.165) is 54.2 Å². The summed E-state index contributed by atoms with van der Waals surface area (Å²) in [7, 11) is 5.78. The third-order valence-corrected chi connectivity index (χ3v) is 6.55. The van der Waals surface area contributed by atoms with Crippen LogP contribution in [0.4, 0.5) is 11.8 Å². The maximum atomic E-state index is 5.23. The second kappa shape index (κ2) is 11.3. The minimum atomic E-state index is 0.439. The van der Waals surface area contributed by atoms with Gasteiger partial charge in [0.25, 0.3) is 0 Å². The standard InChI is InChI=1S/C27H37N5O/c1-32(2)26-24-9-4-5-10-25(24)30-27(31-26)29-22-15-13-21(14-16-22)28-19-7-6-8-20-11-17-23(33-3)18-12-20/h4-5,9-12,17-18,21-22,28H,6-8,13-16,19H2,1-3H3,(H,29,30,31)/t21-,22+. The smallest absolute Gasteiger partial charge is 0.225 e. The van der Waals surface area contributed by atoms with Crippen molar-refractivity contribution in [3.05, 3.63) is 54.1 Å². The molecule has 0 amide bonds. The molecule has 1 heterocycles. The Bertz CT molecular complexity index is 1010. The van der Waals surface area contributed by atoms with E-state index in [9.17, 15) is 0 Å². The van der Waals surface area contributed by atoms with Gasteiger partial charge in [-0.05, 0) is 81.3 Å². The molecule has 0 saturated heterocycles. The molecular formula is C27H37N5O. The van der Waals surface area contributed by atoms with E-state index in [1.165, 1.54) is 31.2 Å². The number of aryl methyl sites for hydroxylation is 1. The zero-order valence-corrected chi connectivity index (χ0v) is 20.2. The Kier molecular flexibility index (Phi) is 8.00. The number of benzene rings is 2. The Hall–Kier alpha value is -2.86. The molecule has 6 nitrogen and oxygen atoms in total. The first-order valence-corrected chi connectivity index (χ1v) is 12.2. The number of aromatic nitrogens is 2. The molecule has 0 spiro atoms. The van der Waals surface area contributed by atoms with Crippen LogP contribution in [0.25, 0.3) is 10.9 Å². The van der Waals surface area contributed by atoms with E-state index in [0.29, 0.717) is 12.1 Å².